The highest BCUT2D eigenvalue weighted by Gasteiger charge is 2.30. The third-order valence-corrected chi connectivity index (χ3v) is 4.38. The maximum Gasteiger partial charge on any atom is 0.351 e. The van der Waals surface area contributed by atoms with E-state index in [2.05, 4.69) is 6.92 Å². The molecule has 0 fully saturated rings. The van der Waals surface area contributed by atoms with Crippen molar-refractivity contribution in [3.05, 3.63) is 34.9 Å². The standard InChI is InChI=1S/C16H18N2O3S/c1-2-3-8-18-13-6-4-5-7-14(13)22-15(18)12(11-17)16(20)21-10-9-19/h4-7,19H,2-3,8-10H2,1H3. The van der Waals surface area contributed by atoms with Gasteiger partial charge in [-0.25, -0.2) is 4.79 Å². The van der Waals surface area contributed by atoms with Gasteiger partial charge in [0, 0.05) is 11.4 Å². The minimum atomic E-state index is -0.687. The van der Waals surface area contributed by atoms with E-state index in [9.17, 15) is 10.1 Å². The summed E-state index contributed by atoms with van der Waals surface area (Å²) in [6.07, 6.45) is 1.98. The Morgan fingerprint density at radius 3 is 2.91 bits per heavy atom. The molecular formula is C16H18N2O3S. The molecule has 0 radical (unpaired) electrons. The first-order valence-corrected chi connectivity index (χ1v) is 8.01. The van der Waals surface area contributed by atoms with Crippen LogP contribution in [0, 0.1) is 11.3 Å². The van der Waals surface area contributed by atoms with Gasteiger partial charge in [-0.15, -0.1) is 0 Å². The van der Waals surface area contributed by atoms with Crippen LogP contribution in [0.2, 0.25) is 0 Å². The SMILES string of the molecule is CCCCN1C(=C(C#N)C(=O)OCCO)Sc2ccccc21. The summed E-state index contributed by atoms with van der Waals surface area (Å²) >= 11 is 1.41. The molecule has 0 saturated carbocycles. The lowest BCUT2D eigenvalue weighted by molar-refractivity contribution is -0.139. The zero-order valence-corrected chi connectivity index (χ0v) is 13.2. The Morgan fingerprint density at radius 1 is 1.45 bits per heavy atom. The van der Waals surface area contributed by atoms with E-state index in [1.165, 1.54) is 11.8 Å². The molecule has 1 aromatic carbocycles. The second kappa shape index (κ2) is 7.87. The van der Waals surface area contributed by atoms with Crippen LogP contribution in [0.4, 0.5) is 5.69 Å². The molecule has 116 valence electrons. The van der Waals surface area contributed by atoms with Gasteiger partial charge in [-0.05, 0) is 18.6 Å². The Morgan fingerprint density at radius 2 is 2.23 bits per heavy atom. The van der Waals surface area contributed by atoms with Crippen molar-refractivity contribution >= 4 is 23.4 Å². The van der Waals surface area contributed by atoms with Crippen molar-refractivity contribution in [2.24, 2.45) is 0 Å². The number of anilines is 1. The molecule has 22 heavy (non-hydrogen) atoms. The Kier molecular flexibility index (Phi) is 5.87. The molecule has 1 aromatic rings. The van der Waals surface area contributed by atoms with Crippen LogP contribution in [-0.2, 0) is 9.53 Å². The second-order valence-corrected chi connectivity index (χ2v) is 5.76. The quantitative estimate of drug-likeness (QED) is 0.494. The minimum absolute atomic E-state index is 0.00856. The van der Waals surface area contributed by atoms with Crippen LogP contribution in [0.15, 0.2) is 39.8 Å². The third-order valence-electron chi connectivity index (χ3n) is 3.20. The van der Waals surface area contributed by atoms with Gasteiger partial charge in [0.25, 0.3) is 0 Å². The fourth-order valence-corrected chi connectivity index (χ4v) is 3.32. The normalized spacial score (nSPS) is 15.2. The maximum atomic E-state index is 12.0. The van der Waals surface area contributed by atoms with Crippen LogP contribution in [0.3, 0.4) is 0 Å². The molecule has 0 aromatic heterocycles. The number of aliphatic hydroxyl groups is 1. The molecule has 1 N–H and O–H groups in total. The number of ether oxygens (including phenoxy) is 1. The first kappa shape index (κ1) is 16.4. The van der Waals surface area contributed by atoms with Crippen LogP contribution in [-0.4, -0.2) is 30.8 Å². The number of carbonyl (C=O) groups excluding carboxylic acids is 1. The van der Waals surface area contributed by atoms with Crippen LogP contribution in [0.25, 0.3) is 0 Å². The third kappa shape index (κ3) is 3.43. The number of rotatable bonds is 6. The molecule has 0 aliphatic carbocycles. The van der Waals surface area contributed by atoms with E-state index in [1.807, 2.05) is 35.2 Å². The van der Waals surface area contributed by atoms with Gasteiger partial charge in [0.1, 0.15) is 17.7 Å². The van der Waals surface area contributed by atoms with Gasteiger partial charge in [0.2, 0.25) is 0 Å². The number of benzene rings is 1. The van der Waals surface area contributed by atoms with E-state index in [0.29, 0.717) is 5.03 Å². The highest BCUT2D eigenvalue weighted by atomic mass is 32.2. The van der Waals surface area contributed by atoms with Crippen LogP contribution >= 0.6 is 11.8 Å². The molecule has 2 rings (SSSR count). The lowest BCUT2D eigenvalue weighted by Gasteiger charge is -2.20. The lowest BCUT2D eigenvalue weighted by atomic mass is 10.2. The van der Waals surface area contributed by atoms with Gasteiger partial charge in [-0.1, -0.05) is 37.2 Å². The van der Waals surface area contributed by atoms with Gasteiger partial charge in [0.15, 0.2) is 5.57 Å². The molecule has 0 bridgehead atoms. The van der Waals surface area contributed by atoms with E-state index in [4.69, 9.17) is 9.84 Å². The molecule has 1 aliphatic heterocycles. The highest BCUT2D eigenvalue weighted by molar-refractivity contribution is 8.03. The Labute approximate surface area is 134 Å². The summed E-state index contributed by atoms with van der Waals surface area (Å²) in [5.41, 5.74) is 1.00. The molecule has 0 unspecified atom stereocenters. The Balaban J connectivity index is 2.37. The van der Waals surface area contributed by atoms with Crippen molar-refractivity contribution < 1.29 is 14.6 Å². The first-order valence-electron chi connectivity index (χ1n) is 7.19. The Bertz CT molecular complexity index is 622. The summed E-state index contributed by atoms with van der Waals surface area (Å²) in [6.45, 7) is 2.48. The highest BCUT2D eigenvalue weighted by Crippen LogP contribution is 2.47. The zero-order chi connectivity index (χ0) is 15.9. The molecule has 0 amide bonds. The summed E-state index contributed by atoms with van der Waals surface area (Å²) in [5.74, 6) is -0.687. The molecule has 0 spiro atoms. The summed E-state index contributed by atoms with van der Waals surface area (Å²) in [7, 11) is 0. The number of hydrogen-bond donors (Lipinski definition) is 1. The number of thioether (sulfide) groups is 1. The van der Waals surface area contributed by atoms with Crippen molar-refractivity contribution in [1.29, 1.82) is 5.26 Å². The minimum Gasteiger partial charge on any atom is -0.459 e. The number of fused-ring (bicyclic) bond motifs is 1. The molecule has 6 heteroatoms. The van der Waals surface area contributed by atoms with Crippen molar-refractivity contribution in [3.63, 3.8) is 0 Å². The summed E-state index contributed by atoms with van der Waals surface area (Å²) in [5, 5.41) is 18.7. The number of para-hydroxylation sites is 1. The fourth-order valence-electron chi connectivity index (χ4n) is 2.15. The van der Waals surface area contributed by atoms with Gasteiger partial charge in [-0.2, -0.15) is 5.26 Å². The number of nitrogens with zero attached hydrogens (tertiary/aromatic N) is 2. The first-order chi connectivity index (χ1) is 10.7. The van der Waals surface area contributed by atoms with E-state index < -0.39 is 5.97 Å². The van der Waals surface area contributed by atoms with Crippen LogP contribution < -0.4 is 4.90 Å². The predicted octanol–water partition coefficient (Wildman–Crippen LogP) is 2.67. The maximum absolute atomic E-state index is 12.0. The Hall–Kier alpha value is -1.97. The number of hydrogen-bond acceptors (Lipinski definition) is 6. The van der Waals surface area contributed by atoms with Crippen molar-refractivity contribution in [1.82, 2.24) is 0 Å². The number of esters is 1. The van der Waals surface area contributed by atoms with Crippen LogP contribution in [0.5, 0.6) is 0 Å². The van der Waals surface area contributed by atoms with Crippen molar-refractivity contribution in [2.75, 3.05) is 24.7 Å². The van der Waals surface area contributed by atoms with Crippen molar-refractivity contribution in [3.8, 4) is 6.07 Å². The molecule has 0 saturated heterocycles. The van der Waals surface area contributed by atoms with Gasteiger partial charge >= 0.3 is 5.97 Å². The zero-order valence-electron chi connectivity index (χ0n) is 12.4. The smallest absolute Gasteiger partial charge is 0.351 e. The van der Waals surface area contributed by atoms with E-state index in [0.717, 1.165) is 30.0 Å². The summed E-state index contributed by atoms with van der Waals surface area (Å²) in [6, 6.07) is 9.79. The van der Waals surface area contributed by atoms with E-state index >= 15 is 0 Å². The monoisotopic (exact) mass is 318 g/mol. The largest absolute Gasteiger partial charge is 0.459 e. The number of aliphatic hydroxyl groups excluding tert-OH is 1. The predicted molar refractivity (Wildman–Crippen MR) is 85.2 cm³/mol. The molecule has 1 aliphatic rings. The topological polar surface area (TPSA) is 73.6 Å². The average Bonchev–Trinajstić information content (AvgIpc) is 2.90. The summed E-state index contributed by atoms with van der Waals surface area (Å²) in [4.78, 5) is 15.1. The van der Waals surface area contributed by atoms with Gasteiger partial charge in [0.05, 0.1) is 12.3 Å². The molecule has 1 heterocycles. The van der Waals surface area contributed by atoms with Crippen molar-refractivity contribution in [2.45, 2.75) is 24.7 Å². The van der Waals surface area contributed by atoms with Gasteiger partial charge in [-0.3, -0.25) is 0 Å². The number of nitriles is 1. The van der Waals surface area contributed by atoms with E-state index in [-0.39, 0.29) is 18.8 Å². The average molecular weight is 318 g/mol. The van der Waals surface area contributed by atoms with Gasteiger partial charge < -0.3 is 14.7 Å². The lowest BCUT2D eigenvalue weighted by Crippen LogP contribution is -2.23. The molecule has 5 nitrogen and oxygen atoms in total. The number of unbranched alkanes of at least 4 members (excludes halogenated alkanes) is 1. The van der Waals surface area contributed by atoms with Crippen LogP contribution in [0.1, 0.15) is 19.8 Å². The van der Waals surface area contributed by atoms with E-state index in [1.54, 1.807) is 0 Å². The summed E-state index contributed by atoms with van der Waals surface area (Å²) < 4.78 is 4.90. The molecular weight excluding hydrogens is 300 g/mol. The molecule has 0 atom stereocenters. The second-order valence-electron chi connectivity index (χ2n) is 4.73. The number of carbonyl (C=O) groups is 1. The fraction of sp³-hybridized carbons (Fsp3) is 0.375.